The lowest BCUT2D eigenvalue weighted by Crippen LogP contribution is -2.40. The highest BCUT2D eigenvalue weighted by atomic mass is 19.1. The lowest BCUT2D eigenvalue weighted by atomic mass is 9.79. The van der Waals surface area contributed by atoms with Gasteiger partial charge in [-0.15, -0.1) is 0 Å². The van der Waals surface area contributed by atoms with Crippen LogP contribution >= 0.6 is 0 Å². The van der Waals surface area contributed by atoms with Crippen LogP contribution in [0.15, 0.2) is 18.2 Å². The van der Waals surface area contributed by atoms with E-state index in [1.807, 2.05) is 19.1 Å². The lowest BCUT2D eigenvalue weighted by molar-refractivity contribution is 0.306. The molecule has 0 aliphatic heterocycles. The number of hydrogen-bond donors (Lipinski definition) is 1. The Morgan fingerprint density at radius 1 is 1.31 bits per heavy atom. The molecule has 16 heavy (non-hydrogen) atoms. The maximum absolute atomic E-state index is 13.5. The van der Waals surface area contributed by atoms with E-state index in [4.69, 9.17) is 5.73 Å². The van der Waals surface area contributed by atoms with Crippen molar-refractivity contribution in [2.45, 2.75) is 45.1 Å². The van der Waals surface area contributed by atoms with E-state index in [2.05, 4.69) is 0 Å². The molecule has 0 heterocycles. The van der Waals surface area contributed by atoms with Gasteiger partial charge in [-0.1, -0.05) is 25.0 Å². The monoisotopic (exact) mass is 221 g/mol. The standard InChI is InChI=1S/C14H20FN/c1-10-7-8-12(9-13(10)15)14(2,16)11-5-3-4-6-11/h7-9,11H,3-6,16H2,1-2H3. The Morgan fingerprint density at radius 2 is 1.94 bits per heavy atom. The van der Waals surface area contributed by atoms with Crippen LogP contribution < -0.4 is 5.73 Å². The largest absolute Gasteiger partial charge is 0.321 e. The zero-order valence-electron chi connectivity index (χ0n) is 10.1. The highest BCUT2D eigenvalue weighted by Crippen LogP contribution is 2.38. The smallest absolute Gasteiger partial charge is 0.126 e. The van der Waals surface area contributed by atoms with Crippen LogP contribution in [-0.2, 0) is 5.54 Å². The zero-order chi connectivity index (χ0) is 11.8. The summed E-state index contributed by atoms with van der Waals surface area (Å²) in [5, 5.41) is 0. The molecule has 0 spiro atoms. The van der Waals surface area contributed by atoms with E-state index >= 15 is 0 Å². The summed E-state index contributed by atoms with van der Waals surface area (Å²) in [4.78, 5) is 0. The first-order chi connectivity index (χ1) is 7.51. The van der Waals surface area contributed by atoms with Crippen molar-refractivity contribution in [2.24, 2.45) is 11.7 Å². The molecule has 0 saturated heterocycles. The molecule has 0 amide bonds. The molecule has 1 unspecified atom stereocenters. The highest BCUT2D eigenvalue weighted by Gasteiger charge is 2.34. The summed E-state index contributed by atoms with van der Waals surface area (Å²) in [5.74, 6) is 0.349. The molecule has 0 radical (unpaired) electrons. The van der Waals surface area contributed by atoms with Crippen molar-refractivity contribution in [1.82, 2.24) is 0 Å². The van der Waals surface area contributed by atoms with Gasteiger partial charge in [-0.05, 0) is 49.8 Å². The van der Waals surface area contributed by atoms with Crippen LogP contribution in [0.4, 0.5) is 4.39 Å². The van der Waals surface area contributed by atoms with Crippen LogP contribution in [0, 0.1) is 18.7 Å². The summed E-state index contributed by atoms with van der Waals surface area (Å²) in [7, 11) is 0. The quantitative estimate of drug-likeness (QED) is 0.812. The second-order valence-electron chi connectivity index (χ2n) is 5.23. The second-order valence-corrected chi connectivity index (χ2v) is 5.23. The van der Waals surface area contributed by atoms with Crippen LogP contribution in [-0.4, -0.2) is 0 Å². The summed E-state index contributed by atoms with van der Waals surface area (Å²) in [6.07, 6.45) is 4.85. The fourth-order valence-corrected chi connectivity index (χ4v) is 2.69. The molecule has 1 saturated carbocycles. The molecular formula is C14H20FN. The van der Waals surface area contributed by atoms with E-state index in [1.54, 1.807) is 13.0 Å². The summed E-state index contributed by atoms with van der Waals surface area (Å²) in [5.41, 5.74) is 7.63. The van der Waals surface area contributed by atoms with Crippen LogP contribution in [0.3, 0.4) is 0 Å². The number of benzene rings is 1. The first-order valence-electron chi connectivity index (χ1n) is 6.07. The van der Waals surface area contributed by atoms with Gasteiger partial charge in [0.05, 0.1) is 0 Å². The van der Waals surface area contributed by atoms with Crippen molar-refractivity contribution >= 4 is 0 Å². The van der Waals surface area contributed by atoms with Gasteiger partial charge in [-0.25, -0.2) is 4.39 Å². The Balaban J connectivity index is 2.30. The topological polar surface area (TPSA) is 26.0 Å². The predicted octanol–water partition coefficient (Wildman–Crippen LogP) is 3.50. The summed E-state index contributed by atoms with van der Waals surface area (Å²) in [6.45, 7) is 3.82. The van der Waals surface area contributed by atoms with Crippen molar-refractivity contribution in [3.8, 4) is 0 Å². The van der Waals surface area contributed by atoms with Crippen molar-refractivity contribution in [3.63, 3.8) is 0 Å². The molecule has 88 valence electrons. The van der Waals surface area contributed by atoms with Crippen LogP contribution in [0.25, 0.3) is 0 Å². The van der Waals surface area contributed by atoms with Crippen molar-refractivity contribution in [1.29, 1.82) is 0 Å². The van der Waals surface area contributed by atoms with E-state index in [0.29, 0.717) is 11.5 Å². The van der Waals surface area contributed by atoms with E-state index < -0.39 is 0 Å². The van der Waals surface area contributed by atoms with Gasteiger partial charge in [0.1, 0.15) is 5.82 Å². The van der Waals surface area contributed by atoms with E-state index in [1.165, 1.54) is 25.7 Å². The molecule has 1 fully saturated rings. The molecular weight excluding hydrogens is 201 g/mol. The van der Waals surface area contributed by atoms with E-state index in [-0.39, 0.29) is 11.4 Å². The van der Waals surface area contributed by atoms with Gasteiger partial charge in [-0.3, -0.25) is 0 Å². The molecule has 1 aliphatic rings. The second kappa shape index (κ2) is 4.17. The third-order valence-corrected chi connectivity index (χ3v) is 4.00. The average molecular weight is 221 g/mol. The molecule has 1 aliphatic carbocycles. The first kappa shape index (κ1) is 11.6. The maximum atomic E-state index is 13.5. The molecule has 1 aromatic rings. The normalized spacial score (nSPS) is 21.0. The fourth-order valence-electron chi connectivity index (χ4n) is 2.69. The number of nitrogens with two attached hydrogens (primary N) is 1. The Labute approximate surface area is 96.9 Å². The highest BCUT2D eigenvalue weighted by molar-refractivity contribution is 5.29. The zero-order valence-corrected chi connectivity index (χ0v) is 10.1. The Morgan fingerprint density at radius 3 is 2.50 bits per heavy atom. The van der Waals surface area contributed by atoms with E-state index in [9.17, 15) is 4.39 Å². The molecule has 2 heteroatoms. The average Bonchev–Trinajstić information content (AvgIpc) is 2.75. The van der Waals surface area contributed by atoms with Gasteiger partial charge < -0.3 is 5.73 Å². The van der Waals surface area contributed by atoms with Crippen molar-refractivity contribution in [2.75, 3.05) is 0 Å². The van der Waals surface area contributed by atoms with Crippen LogP contribution in [0.1, 0.15) is 43.7 Å². The molecule has 1 aromatic carbocycles. The van der Waals surface area contributed by atoms with Crippen molar-refractivity contribution in [3.05, 3.63) is 35.1 Å². The number of rotatable bonds is 2. The Bertz CT molecular complexity index is 378. The first-order valence-corrected chi connectivity index (χ1v) is 6.07. The molecule has 1 nitrogen and oxygen atoms in total. The fraction of sp³-hybridized carbons (Fsp3) is 0.571. The van der Waals surface area contributed by atoms with Crippen molar-refractivity contribution < 1.29 is 4.39 Å². The van der Waals surface area contributed by atoms with Crippen LogP contribution in [0.2, 0.25) is 0 Å². The predicted molar refractivity (Wildman–Crippen MR) is 64.6 cm³/mol. The minimum Gasteiger partial charge on any atom is -0.321 e. The SMILES string of the molecule is Cc1ccc(C(C)(N)C2CCCC2)cc1F. The Kier molecular flexibility index (Phi) is 3.02. The minimum absolute atomic E-state index is 0.146. The number of aryl methyl sites for hydroxylation is 1. The van der Waals surface area contributed by atoms with Gasteiger partial charge in [0.25, 0.3) is 0 Å². The van der Waals surface area contributed by atoms with Gasteiger partial charge >= 0.3 is 0 Å². The minimum atomic E-state index is -0.384. The molecule has 0 aromatic heterocycles. The van der Waals surface area contributed by atoms with Gasteiger partial charge in [-0.2, -0.15) is 0 Å². The third kappa shape index (κ3) is 1.99. The van der Waals surface area contributed by atoms with Gasteiger partial charge in [0.15, 0.2) is 0 Å². The lowest BCUT2D eigenvalue weighted by Gasteiger charge is -2.32. The van der Waals surface area contributed by atoms with Gasteiger partial charge in [0, 0.05) is 5.54 Å². The molecule has 0 bridgehead atoms. The molecule has 2 N–H and O–H groups in total. The van der Waals surface area contributed by atoms with E-state index in [0.717, 1.165) is 5.56 Å². The summed E-state index contributed by atoms with van der Waals surface area (Å²) >= 11 is 0. The summed E-state index contributed by atoms with van der Waals surface area (Å²) in [6, 6.07) is 5.40. The molecule has 2 rings (SSSR count). The molecule has 1 atom stereocenters. The Hall–Kier alpha value is -0.890. The summed E-state index contributed by atoms with van der Waals surface area (Å²) < 4.78 is 13.5. The van der Waals surface area contributed by atoms with Crippen LogP contribution in [0.5, 0.6) is 0 Å². The maximum Gasteiger partial charge on any atom is 0.126 e. The number of halogens is 1. The van der Waals surface area contributed by atoms with Gasteiger partial charge in [0.2, 0.25) is 0 Å². The third-order valence-electron chi connectivity index (χ3n) is 4.00. The number of hydrogen-bond acceptors (Lipinski definition) is 1.